The highest BCUT2D eigenvalue weighted by Gasteiger charge is 2.17. The lowest BCUT2D eigenvalue weighted by Crippen LogP contribution is -2.02. The minimum absolute atomic E-state index is 0.753. The highest BCUT2D eigenvalue weighted by Crippen LogP contribution is 2.32. The van der Waals surface area contributed by atoms with Gasteiger partial charge < -0.3 is 0 Å². The molecule has 0 heterocycles. The minimum Gasteiger partial charge on any atom is -0.0844 e. The van der Waals surface area contributed by atoms with E-state index in [4.69, 9.17) is 0 Å². The topological polar surface area (TPSA) is 0 Å². The van der Waals surface area contributed by atoms with Crippen molar-refractivity contribution in [3.05, 3.63) is 35.5 Å². The van der Waals surface area contributed by atoms with Crippen molar-refractivity contribution in [3.63, 3.8) is 0 Å². The van der Waals surface area contributed by atoms with E-state index in [0.29, 0.717) is 0 Å². The Morgan fingerprint density at radius 2 is 2.40 bits per heavy atom. The molecule has 0 spiro atoms. The molecule has 0 heteroatoms. The van der Waals surface area contributed by atoms with Crippen molar-refractivity contribution in [2.75, 3.05) is 0 Å². The Morgan fingerprint density at radius 1 is 1.50 bits per heavy atom. The summed E-state index contributed by atoms with van der Waals surface area (Å²) in [5, 5.41) is 0. The Labute approximate surface area is 61.9 Å². The monoisotopic (exact) mass is 132 g/mol. The predicted molar refractivity (Wildman–Crippen MR) is 43.7 cm³/mol. The zero-order valence-corrected chi connectivity index (χ0v) is 6.30. The highest BCUT2D eigenvalue weighted by atomic mass is 14.2. The third-order valence-corrected chi connectivity index (χ3v) is 2.33. The van der Waals surface area contributed by atoms with Gasteiger partial charge in [-0.2, -0.15) is 0 Å². The summed E-state index contributed by atoms with van der Waals surface area (Å²) in [7, 11) is 0. The van der Waals surface area contributed by atoms with E-state index in [1.165, 1.54) is 18.4 Å². The van der Waals surface area contributed by atoms with Crippen LogP contribution in [-0.2, 0) is 0 Å². The third-order valence-electron chi connectivity index (χ3n) is 2.33. The first kappa shape index (κ1) is 5.96. The molecule has 0 saturated carbocycles. The zero-order valence-electron chi connectivity index (χ0n) is 6.30. The zero-order chi connectivity index (χ0) is 6.97. The molecule has 0 saturated heterocycles. The van der Waals surface area contributed by atoms with Gasteiger partial charge in [-0.15, -0.1) is 0 Å². The van der Waals surface area contributed by atoms with Gasteiger partial charge in [0, 0.05) is 5.92 Å². The van der Waals surface area contributed by atoms with Gasteiger partial charge in [0.05, 0.1) is 0 Å². The molecule has 0 bridgehead atoms. The van der Waals surface area contributed by atoms with Gasteiger partial charge in [-0.3, -0.25) is 0 Å². The summed E-state index contributed by atoms with van der Waals surface area (Å²) in [6.07, 6.45) is 11.6. The first-order chi connectivity index (χ1) is 4.86. The quantitative estimate of drug-likeness (QED) is 0.444. The van der Waals surface area contributed by atoms with E-state index in [2.05, 4.69) is 31.2 Å². The standard InChI is InChI=1S/C10H12/c1-8-5-6-9-3-2-4-10(9)7-8/h2-5,9H,6-7H2,1H3/t9-/m1/s1. The molecular formula is C10H12. The second-order valence-electron chi connectivity index (χ2n) is 3.20. The molecule has 2 aliphatic rings. The average molecular weight is 132 g/mol. The van der Waals surface area contributed by atoms with Crippen LogP contribution in [-0.4, -0.2) is 0 Å². The maximum absolute atomic E-state index is 2.36. The Hall–Kier alpha value is -0.780. The summed E-state index contributed by atoms with van der Waals surface area (Å²) in [6.45, 7) is 2.22. The van der Waals surface area contributed by atoms with Gasteiger partial charge in [0.25, 0.3) is 0 Å². The van der Waals surface area contributed by atoms with Crippen molar-refractivity contribution in [2.45, 2.75) is 19.8 Å². The molecule has 1 atom stereocenters. The lowest BCUT2D eigenvalue weighted by molar-refractivity contribution is 0.723. The molecule has 0 nitrogen and oxygen atoms in total. The van der Waals surface area contributed by atoms with E-state index in [9.17, 15) is 0 Å². The summed E-state index contributed by atoms with van der Waals surface area (Å²) in [6, 6.07) is 0. The van der Waals surface area contributed by atoms with Gasteiger partial charge in [-0.05, 0) is 19.8 Å². The van der Waals surface area contributed by atoms with E-state index in [1.807, 2.05) is 0 Å². The minimum atomic E-state index is 0.753. The highest BCUT2D eigenvalue weighted by molar-refractivity contribution is 5.34. The normalized spacial score (nSPS) is 29.5. The van der Waals surface area contributed by atoms with Crippen LogP contribution >= 0.6 is 0 Å². The summed E-state index contributed by atoms with van der Waals surface area (Å²) in [5.74, 6) is 0.753. The molecule has 52 valence electrons. The second-order valence-corrected chi connectivity index (χ2v) is 3.20. The molecule has 0 fully saturated rings. The summed E-state index contributed by atoms with van der Waals surface area (Å²) in [5.41, 5.74) is 3.14. The smallest absolute Gasteiger partial charge is 0.00208 e. The molecule has 0 aromatic carbocycles. The molecule has 0 unspecified atom stereocenters. The van der Waals surface area contributed by atoms with Crippen LogP contribution in [0, 0.1) is 5.92 Å². The molecule has 0 N–H and O–H groups in total. The van der Waals surface area contributed by atoms with Gasteiger partial charge in [0.2, 0.25) is 0 Å². The Bertz CT molecular complexity index is 228. The van der Waals surface area contributed by atoms with E-state index >= 15 is 0 Å². The first-order valence-corrected chi connectivity index (χ1v) is 3.89. The molecular weight excluding hydrogens is 120 g/mol. The first-order valence-electron chi connectivity index (χ1n) is 3.89. The Balaban J connectivity index is 2.25. The van der Waals surface area contributed by atoms with Crippen LogP contribution in [0.2, 0.25) is 0 Å². The Kier molecular flexibility index (Phi) is 1.26. The third kappa shape index (κ3) is 0.841. The predicted octanol–water partition coefficient (Wildman–Crippen LogP) is 2.84. The molecule has 0 radical (unpaired) electrons. The summed E-state index contributed by atoms with van der Waals surface area (Å²) in [4.78, 5) is 0. The number of allylic oxidation sites excluding steroid dienone is 6. The van der Waals surface area contributed by atoms with Gasteiger partial charge >= 0.3 is 0 Å². The van der Waals surface area contributed by atoms with Crippen LogP contribution in [0.3, 0.4) is 0 Å². The van der Waals surface area contributed by atoms with Crippen LogP contribution in [0.1, 0.15) is 19.8 Å². The molecule has 2 aliphatic carbocycles. The van der Waals surface area contributed by atoms with Crippen molar-refractivity contribution in [2.24, 2.45) is 5.92 Å². The number of hydrogen-bond acceptors (Lipinski definition) is 0. The molecule has 0 aromatic rings. The number of rotatable bonds is 0. The largest absolute Gasteiger partial charge is 0.0844 e. The van der Waals surface area contributed by atoms with Gasteiger partial charge in [0.1, 0.15) is 0 Å². The van der Waals surface area contributed by atoms with Crippen LogP contribution in [0.4, 0.5) is 0 Å². The van der Waals surface area contributed by atoms with Crippen LogP contribution < -0.4 is 0 Å². The summed E-state index contributed by atoms with van der Waals surface area (Å²) < 4.78 is 0. The average Bonchev–Trinajstić information content (AvgIpc) is 2.33. The molecule has 2 rings (SSSR count). The van der Waals surface area contributed by atoms with E-state index in [-0.39, 0.29) is 0 Å². The van der Waals surface area contributed by atoms with E-state index in [1.54, 1.807) is 5.57 Å². The van der Waals surface area contributed by atoms with Crippen LogP contribution in [0.15, 0.2) is 35.5 Å². The maximum Gasteiger partial charge on any atom is 0.00208 e. The van der Waals surface area contributed by atoms with Crippen molar-refractivity contribution in [1.29, 1.82) is 0 Å². The molecule has 0 amide bonds. The molecule has 0 aromatic heterocycles. The van der Waals surface area contributed by atoms with Crippen molar-refractivity contribution < 1.29 is 0 Å². The fourth-order valence-electron chi connectivity index (χ4n) is 1.70. The number of fused-ring (bicyclic) bond motifs is 1. The summed E-state index contributed by atoms with van der Waals surface area (Å²) >= 11 is 0. The lowest BCUT2D eigenvalue weighted by Gasteiger charge is -2.17. The van der Waals surface area contributed by atoms with Crippen LogP contribution in [0.25, 0.3) is 0 Å². The SMILES string of the molecule is CC1=CC[C@H]2C=CC=C2C1. The fraction of sp³-hybridized carbons (Fsp3) is 0.400. The molecule has 0 aliphatic heterocycles. The molecule has 10 heavy (non-hydrogen) atoms. The van der Waals surface area contributed by atoms with Gasteiger partial charge in [-0.25, -0.2) is 0 Å². The van der Waals surface area contributed by atoms with Gasteiger partial charge in [0.15, 0.2) is 0 Å². The fourth-order valence-corrected chi connectivity index (χ4v) is 1.70. The second kappa shape index (κ2) is 2.12. The van der Waals surface area contributed by atoms with E-state index in [0.717, 1.165) is 5.92 Å². The van der Waals surface area contributed by atoms with Crippen molar-refractivity contribution >= 4 is 0 Å². The van der Waals surface area contributed by atoms with Crippen molar-refractivity contribution in [1.82, 2.24) is 0 Å². The van der Waals surface area contributed by atoms with Crippen LogP contribution in [0.5, 0.6) is 0 Å². The maximum atomic E-state index is 2.36. The van der Waals surface area contributed by atoms with E-state index < -0.39 is 0 Å². The lowest BCUT2D eigenvalue weighted by atomic mass is 9.88. The Morgan fingerprint density at radius 3 is 3.30 bits per heavy atom. The van der Waals surface area contributed by atoms with Crippen molar-refractivity contribution in [3.8, 4) is 0 Å². The van der Waals surface area contributed by atoms with Gasteiger partial charge in [-0.1, -0.05) is 35.5 Å². The number of hydrogen-bond donors (Lipinski definition) is 0.